The average molecular weight is 373 g/mol. The Kier molecular flexibility index (Phi) is 4.31. The lowest BCUT2D eigenvalue weighted by molar-refractivity contribution is -0.122. The average Bonchev–Trinajstić information content (AvgIpc) is 3.06. The molecule has 0 aliphatic carbocycles. The molecule has 1 saturated heterocycles. The molecule has 7 heteroatoms. The van der Waals surface area contributed by atoms with Crippen LogP contribution in [-0.4, -0.2) is 29.0 Å². The van der Waals surface area contributed by atoms with Gasteiger partial charge in [-0.15, -0.1) is 11.3 Å². The van der Waals surface area contributed by atoms with Gasteiger partial charge in [0.2, 0.25) is 5.91 Å². The van der Waals surface area contributed by atoms with Crippen LogP contribution in [-0.2, 0) is 4.79 Å². The van der Waals surface area contributed by atoms with Crippen molar-refractivity contribution in [2.75, 3.05) is 18.0 Å². The van der Waals surface area contributed by atoms with E-state index in [0.29, 0.717) is 6.54 Å². The molecular formula is C18H17ClN4OS. The van der Waals surface area contributed by atoms with Crippen molar-refractivity contribution >= 4 is 44.9 Å². The number of amides is 1. The van der Waals surface area contributed by atoms with Crippen LogP contribution in [0.4, 0.5) is 5.82 Å². The first-order valence-corrected chi connectivity index (χ1v) is 9.36. The summed E-state index contributed by atoms with van der Waals surface area (Å²) in [5.74, 6) is 0.540. The molecule has 25 heavy (non-hydrogen) atoms. The topological polar surface area (TPSA) is 72.1 Å². The second-order valence-corrected chi connectivity index (χ2v) is 7.71. The van der Waals surface area contributed by atoms with Crippen molar-refractivity contribution in [2.45, 2.75) is 12.8 Å². The van der Waals surface area contributed by atoms with E-state index in [2.05, 4.69) is 20.9 Å². The number of benzene rings is 1. The fourth-order valence-electron chi connectivity index (χ4n) is 3.23. The molecule has 1 fully saturated rings. The number of primary amides is 1. The van der Waals surface area contributed by atoms with Crippen LogP contribution in [0.2, 0.25) is 5.02 Å². The normalized spacial score (nSPS) is 17.8. The molecule has 2 aromatic heterocycles. The number of piperidine rings is 1. The number of carbonyl (C=O) groups is 1. The van der Waals surface area contributed by atoms with Crippen LogP contribution in [0.1, 0.15) is 12.8 Å². The van der Waals surface area contributed by atoms with E-state index in [9.17, 15) is 4.79 Å². The van der Waals surface area contributed by atoms with E-state index in [-0.39, 0.29) is 11.8 Å². The summed E-state index contributed by atoms with van der Waals surface area (Å²) in [7, 11) is 0. The van der Waals surface area contributed by atoms with Gasteiger partial charge in [-0.2, -0.15) is 0 Å². The Morgan fingerprint density at radius 2 is 2.08 bits per heavy atom. The Balaban J connectivity index is 1.72. The summed E-state index contributed by atoms with van der Waals surface area (Å²) >= 11 is 7.64. The molecule has 1 aliphatic rings. The molecule has 2 N–H and O–H groups in total. The number of anilines is 1. The third-order valence-electron chi connectivity index (χ3n) is 4.54. The fourth-order valence-corrected chi connectivity index (χ4v) is 4.49. The van der Waals surface area contributed by atoms with Gasteiger partial charge in [-0.05, 0) is 36.6 Å². The van der Waals surface area contributed by atoms with Gasteiger partial charge in [-0.3, -0.25) is 4.79 Å². The molecule has 0 saturated carbocycles. The fraction of sp³-hybridized carbons (Fsp3) is 0.278. The van der Waals surface area contributed by atoms with E-state index in [0.717, 1.165) is 50.9 Å². The zero-order valence-electron chi connectivity index (χ0n) is 13.5. The highest BCUT2D eigenvalue weighted by atomic mass is 35.5. The summed E-state index contributed by atoms with van der Waals surface area (Å²) in [6.07, 6.45) is 3.37. The van der Waals surface area contributed by atoms with E-state index < -0.39 is 0 Å². The van der Waals surface area contributed by atoms with Crippen LogP contribution in [0, 0.1) is 5.92 Å². The molecule has 1 aromatic carbocycles. The Labute approximate surface area is 154 Å². The van der Waals surface area contributed by atoms with Crippen LogP contribution < -0.4 is 10.6 Å². The predicted octanol–water partition coefficient (Wildman–Crippen LogP) is 3.71. The maximum absolute atomic E-state index is 11.6. The number of carbonyl (C=O) groups excluding carboxylic acids is 1. The molecule has 1 aliphatic heterocycles. The van der Waals surface area contributed by atoms with Crippen LogP contribution in [0.15, 0.2) is 36.7 Å². The number of hydrogen-bond donors (Lipinski definition) is 1. The number of aromatic nitrogens is 2. The molecular weight excluding hydrogens is 356 g/mol. The van der Waals surface area contributed by atoms with Crippen molar-refractivity contribution in [3.8, 4) is 10.4 Å². The molecule has 0 spiro atoms. The van der Waals surface area contributed by atoms with Gasteiger partial charge < -0.3 is 10.6 Å². The minimum atomic E-state index is -0.233. The molecule has 4 rings (SSSR count). The van der Waals surface area contributed by atoms with Crippen molar-refractivity contribution in [3.63, 3.8) is 0 Å². The number of rotatable bonds is 3. The summed E-state index contributed by atoms with van der Waals surface area (Å²) < 4.78 is 1.04. The van der Waals surface area contributed by atoms with Gasteiger partial charge >= 0.3 is 0 Å². The van der Waals surface area contributed by atoms with Crippen molar-refractivity contribution in [2.24, 2.45) is 11.7 Å². The van der Waals surface area contributed by atoms with E-state index in [1.54, 1.807) is 17.7 Å². The van der Waals surface area contributed by atoms with Crippen molar-refractivity contribution in [3.05, 3.63) is 41.7 Å². The minimum Gasteiger partial charge on any atom is -0.369 e. The van der Waals surface area contributed by atoms with E-state index in [1.165, 1.54) is 0 Å². The highest BCUT2D eigenvalue weighted by Gasteiger charge is 2.26. The molecule has 1 unspecified atom stereocenters. The molecule has 1 amide bonds. The quantitative estimate of drug-likeness (QED) is 0.760. The van der Waals surface area contributed by atoms with Gasteiger partial charge in [0.15, 0.2) is 0 Å². The smallest absolute Gasteiger partial charge is 0.222 e. The van der Waals surface area contributed by atoms with E-state index in [1.807, 2.05) is 24.3 Å². The van der Waals surface area contributed by atoms with E-state index in [4.69, 9.17) is 17.3 Å². The first-order chi connectivity index (χ1) is 12.1. The molecule has 3 heterocycles. The van der Waals surface area contributed by atoms with Gasteiger partial charge in [0.1, 0.15) is 12.1 Å². The van der Waals surface area contributed by atoms with Crippen LogP contribution in [0.5, 0.6) is 0 Å². The summed E-state index contributed by atoms with van der Waals surface area (Å²) in [6, 6.07) is 9.85. The van der Waals surface area contributed by atoms with Gasteiger partial charge in [0, 0.05) is 23.0 Å². The molecule has 3 aromatic rings. The second-order valence-electron chi connectivity index (χ2n) is 6.22. The Morgan fingerprint density at radius 3 is 2.84 bits per heavy atom. The standard InChI is InChI=1S/C18H17ClN4OS/c19-13-5-3-11(4-6-13)15-8-14-16(25-15)18(22-10-21-14)23-7-1-2-12(9-23)17(20)24/h3-6,8,10,12H,1-2,7,9H2,(H2,20,24). The molecule has 5 nitrogen and oxygen atoms in total. The lowest BCUT2D eigenvalue weighted by Gasteiger charge is -2.32. The maximum atomic E-state index is 11.6. The van der Waals surface area contributed by atoms with Crippen LogP contribution >= 0.6 is 22.9 Å². The van der Waals surface area contributed by atoms with Crippen LogP contribution in [0.25, 0.3) is 20.7 Å². The van der Waals surface area contributed by atoms with Gasteiger partial charge in [0.05, 0.1) is 16.1 Å². The van der Waals surface area contributed by atoms with E-state index >= 15 is 0 Å². The van der Waals surface area contributed by atoms with Crippen LogP contribution in [0.3, 0.4) is 0 Å². The SMILES string of the molecule is NC(=O)C1CCCN(c2ncnc3cc(-c4ccc(Cl)cc4)sc23)C1. The third-order valence-corrected chi connectivity index (χ3v) is 5.97. The number of thiophene rings is 1. The zero-order chi connectivity index (χ0) is 17.4. The maximum Gasteiger partial charge on any atom is 0.222 e. The summed E-state index contributed by atoms with van der Waals surface area (Å²) in [5.41, 5.74) is 7.53. The van der Waals surface area contributed by atoms with Crippen molar-refractivity contribution in [1.82, 2.24) is 9.97 Å². The Bertz CT molecular complexity index is 924. The summed E-state index contributed by atoms with van der Waals surface area (Å²) in [4.78, 5) is 23.8. The van der Waals surface area contributed by atoms with Gasteiger partial charge in [-0.25, -0.2) is 9.97 Å². The summed E-state index contributed by atoms with van der Waals surface area (Å²) in [5, 5.41) is 0.719. The largest absolute Gasteiger partial charge is 0.369 e. The first kappa shape index (κ1) is 16.3. The highest BCUT2D eigenvalue weighted by molar-refractivity contribution is 7.22. The van der Waals surface area contributed by atoms with Crippen molar-refractivity contribution in [1.29, 1.82) is 0 Å². The second kappa shape index (κ2) is 6.61. The molecule has 128 valence electrons. The highest BCUT2D eigenvalue weighted by Crippen LogP contribution is 2.38. The molecule has 1 atom stereocenters. The lowest BCUT2D eigenvalue weighted by atomic mass is 9.97. The van der Waals surface area contributed by atoms with Gasteiger partial charge in [0.25, 0.3) is 0 Å². The number of nitrogens with two attached hydrogens (primary N) is 1. The summed E-state index contributed by atoms with van der Waals surface area (Å²) in [6.45, 7) is 1.50. The number of halogens is 1. The van der Waals surface area contributed by atoms with Gasteiger partial charge in [-0.1, -0.05) is 23.7 Å². The molecule has 0 bridgehead atoms. The Morgan fingerprint density at radius 1 is 1.28 bits per heavy atom. The molecule has 0 radical (unpaired) electrons. The Hall–Kier alpha value is -2.18. The minimum absolute atomic E-state index is 0.116. The monoisotopic (exact) mass is 372 g/mol. The number of hydrogen-bond acceptors (Lipinski definition) is 5. The number of fused-ring (bicyclic) bond motifs is 1. The lowest BCUT2D eigenvalue weighted by Crippen LogP contribution is -2.41. The zero-order valence-corrected chi connectivity index (χ0v) is 15.1. The first-order valence-electron chi connectivity index (χ1n) is 8.16. The third kappa shape index (κ3) is 3.19. The predicted molar refractivity (Wildman–Crippen MR) is 102 cm³/mol. The number of nitrogens with zero attached hydrogens (tertiary/aromatic N) is 3. The van der Waals surface area contributed by atoms with Crippen molar-refractivity contribution < 1.29 is 4.79 Å².